The molecule has 1 aliphatic heterocycles. The second-order valence-corrected chi connectivity index (χ2v) is 7.27. The van der Waals surface area contributed by atoms with Crippen molar-refractivity contribution < 1.29 is 14.0 Å². The van der Waals surface area contributed by atoms with Gasteiger partial charge in [-0.3, -0.25) is 14.9 Å². The van der Waals surface area contributed by atoms with E-state index in [2.05, 4.69) is 17.6 Å². The van der Waals surface area contributed by atoms with Gasteiger partial charge >= 0.3 is 0 Å². The van der Waals surface area contributed by atoms with Crippen LogP contribution in [0, 0.1) is 11.7 Å². The summed E-state index contributed by atoms with van der Waals surface area (Å²) >= 11 is 0. The van der Waals surface area contributed by atoms with E-state index in [4.69, 9.17) is 0 Å². The second kappa shape index (κ2) is 7.52. The summed E-state index contributed by atoms with van der Waals surface area (Å²) in [6.07, 6.45) is 2.85. The first kappa shape index (κ1) is 17.9. The predicted molar refractivity (Wildman–Crippen MR) is 93.3 cm³/mol. The first-order valence-corrected chi connectivity index (χ1v) is 9.01. The molecule has 0 radical (unpaired) electrons. The fraction of sp³-hybridized carbons (Fsp3) is 0.579. The van der Waals surface area contributed by atoms with Crippen LogP contribution in [0.3, 0.4) is 0 Å². The summed E-state index contributed by atoms with van der Waals surface area (Å²) in [5, 5.41) is 6.50. The summed E-state index contributed by atoms with van der Waals surface area (Å²) in [6, 6.07) is 6.00. The number of halogens is 1. The topological polar surface area (TPSA) is 61.4 Å². The maximum absolute atomic E-state index is 13.3. The van der Waals surface area contributed by atoms with Crippen molar-refractivity contribution in [3.05, 3.63) is 35.6 Å². The Kier molecular flexibility index (Phi) is 5.37. The smallest absolute Gasteiger partial charge is 0.241 e. The van der Waals surface area contributed by atoms with E-state index in [1.165, 1.54) is 12.1 Å². The highest BCUT2D eigenvalue weighted by molar-refractivity contribution is 5.83. The SMILES string of the molecule is CC(=O)N1CC[C@H](N[C@H](C(=O)NC2CC2)c2ccc(F)cc2)[C@H](C)C1. The molecule has 1 aliphatic carbocycles. The standard InChI is InChI=1S/C19H26FN3O2/c1-12-11-23(13(2)24)10-9-17(12)22-18(19(25)21-16-7-8-16)14-3-5-15(20)6-4-14/h3-6,12,16-18,22H,7-11H2,1-2H3,(H,21,25)/t12-,17+,18+/m1/s1. The molecular formula is C19H26FN3O2. The number of amides is 2. The first-order valence-electron chi connectivity index (χ1n) is 9.01. The van der Waals surface area contributed by atoms with Crippen molar-refractivity contribution in [2.24, 2.45) is 5.92 Å². The number of piperidine rings is 1. The third-order valence-corrected chi connectivity index (χ3v) is 5.12. The third kappa shape index (κ3) is 4.57. The molecule has 0 unspecified atom stereocenters. The van der Waals surface area contributed by atoms with E-state index >= 15 is 0 Å². The minimum Gasteiger partial charge on any atom is -0.352 e. The minimum absolute atomic E-state index is 0.0599. The number of nitrogens with zero attached hydrogens (tertiary/aromatic N) is 1. The number of rotatable bonds is 5. The summed E-state index contributed by atoms with van der Waals surface area (Å²) in [7, 11) is 0. The van der Waals surface area contributed by atoms with Gasteiger partial charge in [-0.1, -0.05) is 19.1 Å². The molecule has 1 heterocycles. The molecule has 2 fully saturated rings. The molecule has 3 atom stereocenters. The van der Waals surface area contributed by atoms with E-state index in [1.807, 2.05) is 4.90 Å². The van der Waals surface area contributed by atoms with E-state index in [1.54, 1.807) is 19.1 Å². The number of carbonyl (C=O) groups is 2. The Balaban J connectivity index is 1.71. The quantitative estimate of drug-likeness (QED) is 0.856. The molecule has 0 spiro atoms. The Morgan fingerprint density at radius 3 is 2.44 bits per heavy atom. The average Bonchev–Trinajstić information content (AvgIpc) is 3.38. The number of nitrogens with one attached hydrogen (secondary N) is 2. The lowest BCUT2D eigenvalue weighted by atomic mass is 9.92. The van der Waals surface area contributed by atoms with E-state index < -0.39 is 6.04 Å². The van der Waals surface area contributed by atoms with Crippen LogP contribution >= 0.6 is 0 Å². The Hall–Kier alpha value is -1.95. The van der Waals surface area contributed by atoms with E-state index in [9.17, 15) is 14.0 Å². The Bertz CT molecular complexity index is 630. The summed E-state index contributed by atoms with van der Waals surface area (Å²) in [4.78, 5) is 26.1. The monoisotopic (exact) mass is 347 g/mol. The molecule has 2 amide bonds. The summed E-state index contributed by atoms with van der Waals surface area (Å²) in [5.74, 6) is -0.0373. The van der Waals surface area contributed by atoms with Crippen molar-refractivity contribution in [3.8, 4) is 0 Å². The highest BCUT2D eigenvalue weighted by Gasteiger charge is 2.33. The van der Waals surface area contributed by atoms with Gasteiger partial charge in [-0.2, -0.15) is 0 Å². The van der Waals surface area contributed by atoms with Gasteiger partial charge in [0.1, 0.15) is 11.9 Å². The molecule has 0 bridgehead atoms. The largest absolute Gasteiger partial charge is 0.352 e. The van der Waals surface area contributed by atoms with Crippen LogP contribution in [-0.2, 0) is 9.59 Å². The highest BCUT2D eigenvalue weighted by Crippen LogP contribution is 2.24. The van der Waals surface area contributed by atoms with Gasteiger partial charge in [-0.25, -0.2) is 4.39 Å². The van der Waals surface area contributed by atoms with Crippen LogP contribution in [-0.4, -0.2) is 41.9 Å². The summed E-state index contributed by atoms with van der Waals surface area (Å²) in [5.41, 5.74) is 0.765. The number of carbonyl (C=O) groups excluding carboxylic acids is 2. The second-order valence-electron chi connectivity index (χ2n) is 7.27. The molecule has 1 saturated carbocycles. The molecule has 0 aromatic heterocycles. The van der Waals surface area contributed by atoms with Gasteiger partial charge in [0.05, 0.1) is 0 Å². The van der Waals surface area contributed by atoms with Gasteiger partial charge in [-0.05, 0) is 42.9 Å². The van der Waals surface area contributed by atoms with Crippen LogP contribution in [0.4, 0.5) is 4.39 Å². The normalized spacial score (nSPS) is 24.7. The molecule has 25 heavy (non-hydrogen) atoms. The van der Waals surface area contributed by atoms with Crippen molar-refractivity contribution in [1.29, 1.82) is 0 Å². The maximum atomic E-state index is 13.3. The van der Waals surface area contributed by atoms with Crippen LogP contribution in [0.2, 0.25) is 0 Å². The summed E-state index contributed by atoms with van der Waals surface area (Å²) in [6.45, 7) is 5.06. The molecular weight excluding hydrogens is 321 g/mol. The molecule has 6 heteroatoms. The Morgan fingerprint density at radius 2 is 1.88 bits per heavy atom. The average molecular weight is 347 g/mol. The van der Waals surface area contributed by atoms with Crippen molar-refractivity contribution in [2.45, 2.75) is 51.2 Å². The minimum atomic E-state index is -0.502. The zero-order chi connectivity index (χ0) is 18.0. The number of likely N-dealkylation sites (tertiary alicyclic amines) is 1. The zero-order valence-electron chi connectivity index (χ0n) is 14.8. The van der Waals surface area contributed by atoms with Gasteiger partial charge in [0.2, 0.25) is 11.8 Å². The van der Waals surface area contributed by atoms with E-state index in [0.29, 0.717) is 13.1 Å². The van der Waals surface area contributed by atoms with Gasteiger partial charge in [-0.15, -0.1) is 0 Å². The Labute approximate surface area is 148 Å². The van der Waals surface area contributed by atoms with Crippen molar-refractivity contribution in [1.82, 2.24) is 15.5 Å². The van der Waals surface area contributed by atoms with Crippen LogP contribution in [0.25, 0.3) is 0 Å². The first-order chi connectivity index (χ1) is 11.9. The number of hydrogen-bond acceptors (Lipinski definition) is 3. The fourth-order valence-electron chi connectivity index (χ4n) is 3.38. The van der Waals surface area contributed by atoms with Gasteiger partial charge in [0, 0.05) is 32.1 Å². The number of benzene rings is 1. The van der Waals surface area contributed by atoms with Gasteiger partial charge in [0.15, 0.2) is 0 Å². The van der Waals surface area contributed by atoms with Crippen molar-refractivity contribution in [2.75, 3.05) is 13.1 Å². The maximum Gasteiger partial charge on any atom is 0.241 e. The lowest BCUT2D eigenvalue weighted by Gasteiger charge is -2.38. The van der Waals surface area contributed by atoms with E-state index in [-0.39, 0.29) is 35.6 Å². The highest BCUT2D eigenvalue weighted by atomic mass is 19.1. The molecule has 5 nitrogen and oxygen atoms in total. The van der Waals surface area contributed by atoms with E-state index in [0.717, 1.165) is 24.8 Å². The molecule has 136 valence electrons. The molecule has 3 rings (SSSR count). The molecule has 1 aromatic rings. The lowest BCUT2D eigenvalue weighted by molar-refractivity contribution is -0.131. The van der Waals surface area contributed by atoms with Gasteiger partial charge in [0.25, 0.3) is 0 Å². The van der Waals surface area contributed by atoms with Crippen molar-refractivity contribution in [3.63, 3.8) is 0 Å². The summed E-state index contributed by atoms with van der Waals surface area (Å²) < 4.78 is 13.3. The predicted octanol–water partition coefficient (Wildman–Crippen LogP) is 1.99. The van der Waals surface area contributed by atoms with Gasteiger partial charge < -0.3 is 10.2 Å². The molecule has 2 N–H and O–H groups in total. The lowest BCUT2D eigenvalue weighted by Crippen LogP contribution is -2.52. The molecule has 2 aliphatic rings. The van der Waals surface area contributed by atoms with Crippen LogP contribution in [0.15, 0.2) is 24.3 Å². The zero-order valence-corrected chi connectivity index (χ0v) is 14.8. The fourth-order valence-corrected chi connectivity index (χ4v) is 3.38. The molecule has 1 aromatic carbocycles. The van der Waals surface area contributed by atoms with Crippen LogP contribution < -0.4 is 10.6 Å². The number of hydrogen-bond donors (Lipinski definition) is 2. The van der Waals surface area contributed by atoms with Crippen molar-refractivity contribution >= 4 is 11.8 Å². The third-order valence-electron chi connectivity index (χ3n) is 5.12. The van der Waals surface area contributed by atoms with Crippen LogP contribution in [0.5, 0.6) is 0 Å². The Morgan fingerprint density at radius 1 is 1.20 bits per heavy atom. The molecule has 1 saturated heterocycles. The van der Waals surface area contributed by atoms with Crippen LogP contribution in [0.1, 0.15) is 44.7 Å².